The number of carbonyl (C=O) groups is 2. The van der Waals surface area contributed by atoms with Gasteiger partial charge in [-0.2, -0.15) is 0 Å². The molecule has 1 N–H and O–H groups in total. The highest BCUT2D eigenvalue weighted by Crippen LogP contribution is 2.23. The zero-order chi connectivity index (χ0) is 16.4. The van der Waals surface area contributed by atoms with Crippen molar-refractivity contribution < 1.29 is 28.2 Å². The van der Waals surface area contributed by atoms with Gasteiger partial charge in [0.15, 0.2) is 11.6 Å². The minimum absolute atomic E-state index is 0.0219. The van der Waals surface area contributed by atoms with Crippen molar-refractivity contribution in [1.82, 2.24) is 4.98 Å². The minimum atomic E-state index is -1.01. The van der Waals surface area contributed by atoms with Gasteiger partial charge in [-0.1, -0.05) is 0 Å². The van der Waals surface area contributed by atoms with E-state index in [2.05, 4.69) is 14.5 Å². The van der Waals surface area contributed by atoms with Crippen LogP contribution < -0.4 is 10.2 Å². The molecule has 0 fully saturated rings. The first-order valence-electron chi connectivity index (χ1n) is 6.04. The van der Waals surface area contributed by atoms with Crippen LogP contribution in [0.4, 0.5) is 4.39 Å². The SMILES string of the molecule is COC(=O)c1[nH]c2cc(F)c(OC)cc2c(=O)c1C(=O)OC. The number of hydrogen-bond donors (Lipinski definition) is 1. The van der Waals surface area contributed by atoms with Gasteiger partial charge in [0, 0.05) is 6.07 Å². The second kappa shape index (κ2) is 5.84. The lowest BCUT2D eigenvalue weighted by molar-refractivity contribution is 0.0549. The fourth-order valence-electron chi connectivity index (χ4n) is 2.00. The Bertz CT molecular complexity index is 826. The molecular formula is C14H12FNO6. The zero-order valence-electron chi connectivity index (χ0n) is 12.0. The number of ether oxygens (including phenoxy) is 3. The highest BCUT2D eigenvalue weighted by Gasteiger charge is 2.25. The summed E-state index contributed by atoms with van der Waals surface area (Å²) in [5.41, 5.74) is -1.69. The van der Waals surface area contributed by atoms with Gasteiger partial charge in [-0.15, -0.1) is 0 Å². The van der Waals surface area contributed by atoms with E-state index >= 15 is 0 Å². The van der Waals surface area contributed by atoms with Gasteiger partial charge in [-0.25, -0.2) is 14.0 Å². The molecule has 1 heterocycles. The number of H-pyrrole nitrogens is 1. The molecular weight excluding hydrogens is 297 g/mol. The van der Waals surface area contributed by atoms with Crippen molar-refractivity contribution >= 4 is 22.8 Å². The quantitative estimate of drug-likeness (QED) is 0.857. The van der Waals surface area contributed by atoms with Crippen LogP contribution >= 0.6 is 0 Å². The molecule has 22 heavy (non-hydrogen) atoms. The summed E-state index contributed by atoms with van der Waals surface area (Å²) in [6.07, 6.45) is 0. The molecule has 0 atom stereocenters. The van der Waals surface area contributed by atoms with Gasteiger partial charge in [-0.3, -0.25) is 4.79 Å². The number of carbonyl (C=O) groups excluding carboxylic acids is 2. The van der Waals surface area contributed by atoms with Crippen LogP contribution in [-0.4, -0.2) is 38.3 Å². The van der Waals surface area contributed by atoms with Gasteiger partial charge in [0.1, 0.15) is 11.3 Å². The molecule has 0 aliphatic rings. The number of rotatable bonds is 3. The van der Waals surface area contributed by atoms with Crippen molar-refractivity contribution in [2.75, 3.05) is 21.3 Å². The summed E-state index contributed by atoms with van der Waals surface area (Å²) in [6.45, 7) is 0. The number of aromatic nitrogens is 1. The van der Waals surface area contributed by atoms with Crippen LogP contribution in [-0.2, 0) is 9.47 Å². The van der Waals surface area contributed by atoms with Crippen molar-refractivity contribution in [2.45, 2.75) is 0 Å². The largest absolute Gasteiger partial charge is 0.494 e. The summed E-state index contributed by atoms with van der Waals surface area (Å²) in [5, 5.41) is -0.0219. The summed E-state index contributed by atoms with van der Waals surface area (Å²) in [6, 6.07) is 2.13. The molecule has 1 aromatic carbocycles. The van der Waals surface area contributed by atoms with Crippen molar-refractivity contribution in [3.05, 3.63) is 39.4 Å². The third-order valence-electron chi connectivity index (χ3n) is 3.05. The van der Waals surface area contributed by atoms with Crippen molar-refractivity contribution in [3.8, 4) is 5.75 Å². The first-order valence-corrected chi connectivity index (χ1v) is 6.04. The first kappa shape index (κ1) is 15.5. The van der Waals surface area contributed by atoms with E-state index in [4.69, 9.17) is 4.74 Å². The van der Waals surface area contributed by atoms with Gasteiger partial charge in [0.05, 0.1) is 32.2 Å². The summed E-state index contributed by atoms with van der Waals surface area (Å²) >= 11 is 0. The number of benzene rings is 1. The maximum Gasteiger partial charge on any atom is 0.355 e. The number of esters is 2. The third kappa shape index (κ3) is 2.39. The second-order valence-electron chi connectivity index (χ2n) is 4.22. The van der Waals surface area contributed by atoms with Gasteiger partial charge in [-0.05, 0) is 6.07 Å². The number of halogens is 1. The van der Waals surface area contributed by atoms with E-state index in [1.807, 2.05) is 0 Å². The number of pyridine rings is 1. The predicted molar refractivity (Wildman–Crippen MR) is 73.8 cm³/mol. The summed E-state index contributed by atoms with van der Waals surface area (Å²) in [4.78, 5) is 38.5. The molecule has 7 nitrogen and oxygen atoms in total. The number of nitrogens with one attached hydrogen (secondary N) is 1. The Labute approximate surface area is 123 Å². The molecule has 0 radical (unpaired) electrons. The molecule has 116 valence electrons. The van der Waals surface area contributed by atoms with Gasteiger partial charge >= 0.3 is 11.9 Å². The Hall–Kier alpha value is -2.90. The van der Waals surface area contributed by atoms with Crippen molar-refractivity contribution in [3.63, 3.8) is 0 Å². The van der Waals surface area contributed by atoms with Crippen molar-refractivity contribution in [2.24, 2.45) is 0 Å². The fourth-order valence-corrected chi connectivity index (χ4v) is 2.00. The average Bonchev–Trinajstić information content (AvgIpc) is 2.52. The van der Waals surface area contributed by atoms with Crippen LogP contribution in [0.15, 0.2) is 16.9 Å². The molecule has 0 amide bonds. The highest BCUT2D eigenvalue weighted by atomic mass is 19.1. The van der Waals surface area contributed by atoms with Crippen molar-refractivity contribution in [1.29, 1.82) is 0 Å². The molecule has 2 aromatic rings. The molecule has 0 saturated carbocycles. The van der Waals surface area contributed by atoms with Crippen LogP contribution in [0.5, 0.6) is 5.75 Å². The van der Waals surface area contributed by atoms with E-state index in [0.717, 1.165) is 26.4 Å². The Morgan fingerprint density at radius 2 is 1.73 bits per heavy atom. The Balaban J connectivity index is 2.92. The Kier molecular flexibility index (Phi) is 4.11. The molecule has 0 saturated heterocycles. The molecule has 0 unspecified atom stereocenters. The summed E-state index contributed by atoms with van der Waals surface area (Å²) in [7, 11) is 3.39. The predicted octanol–water partition coefficient (Wildman–Crippen LogP) is 1.25. The number of hydrogen-bond acceptors (Lipinski definition) is 6. The maximum absolute atomic E-state index is 13.7. The Morgan fingerprint density at radius 3 is 2.27 bits per heavy atom. The summed E-state index contributed by atoms with van der Waals surface area (Å²) < 4.78 is 27.6. The monoisotopic (exact) mass is 309 g/mol. The summed E-state index contributed by atoms with van der Waals surface area (Å²) in [5.74, 6) is -2.85. The van der Waals surface area contributed by atoms with Crippen LogP contribution in [0.1, 0.15) is 20.8 Å². The minimum Gasteiger partial charge on any atom is -0.494 e. The maximum atomic E-state index is 13.7. The molecule has 8 heteroatoms. The fraction of sp³-hybridized carbons (Fsp3) is 0.214. The van der Waals surface area contributed by atoms with E-state index in [1.54, 1.807) is 0 Å². The van der Waals surface area contributed by atoms with E-state index in [0.29, 0.717) is 0 Å². The van der Waals surface area contributed by atoms with Gasteiger partial charge in [0.2, 0.25) is 5.43 Å². The van der Waals surface area contributed by atoms with E-state index in [9.17, 15) is 18.8 Å². The lowest BCUT2D eigenvalue weighted by atomic mass is 10.1. The first-order chi connectivity index (χ1) is 10.4. The highest BCUT2D eigenvalue weighted by molar-refractivity contribution is 6.04. The van der Waals surface area contributed by atoms with Crippen LogP contribution in [0.25, 0.3) is 10.9 Å². The zero-order valence-corrected chi connectivity index (χ0v) is 12.0. The molecule has 2 rings (SSSR count). The second-order valence-corrected chi connectivity index (χ2v) is 4.22. The normalized spacial score (nSPS) is 10.4. The Morgan fingerprint density at radius 1 is 1.09 bits per heavy atom. The van der Waals surface area contributed by atoms with Crippen LogP contribution in [0, 0.1) is 5.82 Å². The molecule has 0 aliphatic heterocycles. The average molecular weight is 309 g/mol. The lowest BCUT2D eigenvalue weighted by Crippen LogP contribution is -2.24. The smallest absolute Gasteiger partial charge is 0.355 e. The molecule has 1 aromatic heterocycles. The number of methoxy groups -OCH3 is 3. The molecule has 0 bridgehead atoms. The topological polar surface area (TPSA) is 94.7 Å². The number of aromatic amines is 1. The standard InChI is InChI=1S/C14H12FNO6/c1-20-9-4-6-8(5-7(9)15)16-11(14(19)22-3)10(12(6)17)13(18)21-2/h4-5H,1-3H3,(H,16,17). The van der Waals surface area contributed by atoms with E-state index < -0.39 is 34.4 Å². The van der Waals surface area contributed by atoms with Crippen LogP contribution in [0.2, 0.25) is 0 Å². The van der Waals surface area contributed by atoms with Gasteiger partial charge < -0.3 is 19.2 Å². The number of fused-ring (bicyclic) bond motifs is 1. The molecule has 0 aliphatic carbocycles. The van der Waals surface area contributed by atoms with Gasteiger partial charge in [0.25, 0.3) is 0 Å². The van der Waals surface area contributed by atoms with E-state index in [1.165, 1.54) is 7.11 Å². The van der Waals surface area contributed by atoms with E-state index in [-0.39, 0.29) is 16.7 Å². The van der Waals surface area contributed by atoms with Crippen LogP contribution in [0.3, 0.4) is 0 Å². The lowest BCUT2D eigenvalue weighted by Gasteiger charge is -2.10. The molecule has 0 spiro atoms. The third-order valence-corrected chi connectivity index (χ3v) is 3.05.